The number of carboxylic acids is 3. The van der Waals surface area contributed by atoms with Crippen molar-refractivity contribution in [3.63, 3.8) is 0 Å². The highest BCUT2D eigenvalue weighted by molar-refractivity contribution is 6.02. The molecule has 3 aromatic carbocycles. The molecule has 2 aromatic heterocycles. The molecule has 128 heavy (non-hydrogen) atoms. The maximum absolute atomic E-state index is 15.0. The van der Waals surface area contributed by atoms with Crippen molar-refractivity contribution in [2.45, 2.75) is 249 Å². The minimum absolute atomic E-state index is 0.0156. The lowest BCUT2D eigenvalue weighted by atomic mass is 9.98. The number of nitrogens with one attached hydrogen (secondary N) is 16. The molecule has 0 unspecified atom stereocenters. The van der Waals surface area contributed by atoms with Crippen LogP contribution >= 0.6 is 0 Å². The maximum atomic E-state index is 15.0. The molecule has 15 atom stereocenters. The predicted octanol–water partition coefficient (Wildman–Crippen LogP) is -2.64. The van der Waals surface area contributed by atoms with Crippen molar-refractivity contribution in [2.24, 2.45) is 40.7 Å². The monoisotopic (exact) mass is 1790 g/mol. The molecule has 14 amide bonds. The first kappa shape index (κ1) is 103. The van der Waals surface area contributed by atoms with Crippen LogP contribution in [0.15, 0.2) is 85.2 Å². The van der Waals surface area contributed by atoms with Crippen LogP contribution < -0.4 is 92.1 Å². The number of hydrogen-bond donors (Lipinski definition) is 25. The maximum Gasteiger partial charge on any atom is 0.326 e. The number of aliphatic carboxylic acids is 3. The lowest BCUT2D eigenvalue weighted by molar-refractivity contribution is -0.147. The number of carbonyl (C=O) groups excluding carboxylic acids is 14. The van der Waals surface area contributed by atoms with Gasteiger partial charge in [0, 0.05) is 66.6 Å². The van der Waals surface area contributed by atoms with E-state index in [1.807, 2.05) is 0 Å². The van der Waals surface area contributed by atoms with E-state index in [1.165, 1.54) is 31.2 Å². The van der Waals surface area contributed by atoms with Gasteiger partial charge in [0.15, 0.2) is 5.96 Å². The number of aliphatic hydroxyl groups excluding tert-OH is 1. The Morgan fingerprint density at radius 2 is 0.859 bits per heavy atom. The summed E-state index contributed by atoms with van der Waals surface area (Å²) in [7, 11) is 0. The summed E-state index contributed by atoms with van der Waals surface area (Å²) in [6.07, 6.45) is -2.30. The number of phenolic OH excluding ortho intramolecular Hbond substituents is 1. The van der Waals surface area contributed by atoms with E-state index in [0.717, 1.165) is 11.8 Å². The number of likely N-dealkylation sites (tertiary alicyclic amines) is 1. The number of H-pyrrole nitrogens is 2. The van der Waals surface area contributed by atoms with Crippen molar-refractivity contribution in [2.75, 3.05) is 19.6 Å². The SMILES string of the molecule is CC(C)C[C@H](NC(=O)[C@H](Cc1c[nH]c2ccccc12)NC(=O)[C@H](CC(C)C)NC(=O)[C@H](CCCCN)NC(=O)[C@@H](NC(=O)[C@H](CC(C)C)NC(=O)[C@@H]1CCCN1C(=O)[C@H](CC(=O)O)NC(=O)[C@H](Cc1ccc(O)cc1)NC(=O)[C@H](Cc1c[nH]c2ccccc12)NC(=O)[C@H](CC(N)=O)NC(=O)[C@H](C)N)[C@@H](C)O)C(=O)N[C@@H](CCCNC(=N)N)C(=O)N[C@@H](CC(=O)O)C(=O)O. The second-order valence-electron chi connectivity index (χ2n) is 33.2. The number of benzene rings is 3. The number of unbranched alkanes of at least 4 members (excludes halogenated alkanes) is 1. The molecule has 29 N–H and O–H groups in total. The largest absolute Gasteiger partial charge is 0.508 e. The van der Waals surface area contributed by atoms with Crippen molar-refractivity contribution in [1.29, 1.82) is 5.41 Å². The number of rotatable bonds is 53. The Bertz CT molecular complexity index is 4740. The number of nitrogens with two attached hydrogens (primary N) is 4. The molecule has 700 valence electrons. The molecule has 0 aliphatic carbocycles. The number of aromatic hydroxyl groups is 1. The summed E-state index contributed by atoms with van der Waals surface area (Å²) >= 11 is 0. The minimum Gasteiger partial charge on any atom is -0.508 e. The van der Waals surface area contributed by atoms with Crippen LogP contribution in [0.4, 0.5) is 0 Å². The fourth-order valence-electron chi connectivity index (χ4n) is 14.5. The number of primary amides is 1. The van der Waals surface area contributed by atoms with E-state index in [2.05, 4.69) is 79.1 Å². The van der Waals surface area contributed by atoms with Gasteiger partial charge in [0.05, 0.1) is 31.4 Å². The Labute approximate surface area is 738 Å². The van der Waals surface area contributed by atoms with Crippen LogP contribution in [-0.4, -0.2) is 257 Å². The number of hydrogen-bond acceptors (Lipinski definition) is 22. The fourth-order valence-corrected chi connectivity index (χ4v) is 14.5. The van der Waals surface area contributed by atoms with Crippen LogP contribution in [0, 0.1) is 23.2 Å². The first-order valence-corrected chi connectivity index (χ1v) is 42.4. The average Bonchev–Trinajstić information content (AvgIpc) is 1.61. The van der Waals surface area contributed by atoms with Gasteiger partial charge in [-0.05, 0) is 143 Å². The van der Waals surface area contributed by atoms with Crippen LogP contribution in [-0.2, 0) is 101 Å². The normalized spacial score (nSPS) is 15.8. The van der Waals surface area contributed by atoms with E-state index in [0.29, 0.717) is 44.9 Å². The molecule has 0 spiro atoms. The summed E-state index contributed by atoms with van der Waals surface area (Å²) in [6, 6.07) is -3.05. The Morgan fingerprint density at radius 3 is 1.31 bits per heavy atom. The third kappa shape index (κ3) is 32.9. The topological polar surface area (TPSA) is 710 Å². The van der Waals surface area contributed by atoms with Crippen LogP contribution in [0.5, 0.6) is 5.75 Å². The Hall–Kier alpha value is -13.3. The van der Waals surface area contributed by atoms with Crippen molar-refractivity contribution in [1.82, 2.24) is 84.0 Å². The second kappa shape index (κ2) is 50.1. The number of aliphatic hydroxyl groups is 1. The summed E-state index contributed by atoms with van der Waals surface area (Å²) in [5.41, 5.74) is 25.1. The number of nitrogens with zero attached hydrogens (tertiary/aromatic N) is 1. The van der Waals surface area contributed by atoms with Gasteiger partial charge in [-0.3, -0.25) is 82.1 Å². The number of guanidine groups is 1. The van der Waals surface area contributed by atoms with Gasteiger partial charge in [0.1, 0.15) is 84.3 Å². The minimum atomic E-state index is -1.96. The summed E-state index contributed by atoms with van der Waals surface area (Å²) < 4.78 is 0. The highest BCUT2D eigenvalue weighted by atomic mass is 16.4. The third-order valence-corrected chi connectivity index (χ3v) is 21.0. The first-order valence-electron chi connectivity index (χ1n) is 42.4. The van der Waals surface area contributed by atoms with E-state index >= 15 is 4.79 Å². The Kier molecular flexibility index (Phi) is 40.5. The number of aromatic amines is 2. The number of para-hydroxylation sites is 2. The number of phenols is 1. The average molecular weight is 1790 g/mol. The molecule has 0 radical (unpaired) electrons. The second-order valence-corrected chi connectivity index (χ2v) is 33.2. The molecule has 1 fully saturated rings. The zero-order valence-electron chi connectivity index (χ0n) is 72.8. The summed E-state index contributed by atoms with van der Waals surface area (Å²) in [6.45, 7) is 12.8. The van der Waals surface area contributed by atoms with Crippen molar-refractivity contribution in [3.8, 4) is 5.75 Å². The van der Waals surface area contributed by atoms with E-state index in [9.17, 15) is 102 Å². The number of fused-ring (bicyclic) bond motifs is 2. The van der Waals surface area contributed by atoms with E-state index in [-0.39, 0.29) is 108 Å². The molecule has 1 aliphatic heterocycles. The number of amides is 14. The molecule has 43 nitrogen and oxygen atoms in total. The van der Waals surface area contributed by atoms with Gasteiger partial charge in [0.2, 0.25) is 82.7 Å². The lowest BCUT2D eigenvalue weighted by Gasteiger charge is -2.31. The predicted molar refractivity (Wildman–Crippen MR) is 465 cm³/mol. The van der Waals surface area contributed by atoms with E-state index in [1.54, 1.807) is 102 Å². The molecular formula is C85H123N21O22. The number of carbonyl (C=O) groups is 17. The van der Waals surface area contributed by atoms with Gasteiger partial charge in [-0.2, -0.15) is 0 Å². The van der Waals surface area contributed by atoms with Crippen LogP contribution in [0.3, 0.4) is 0 Å². The molecule has 43 heteroatoms. The lowest BCUT2D eigenvalue weighted by Crippen LogP contribution is -2.62. The molecule has 1 aliphatic rings. The zero-order chi connectivity index (χ0) is 94.9. The third-order valence-electron chi connectivity index (χ3n) is 21.0. The van der Waals surface area contributed by atoms with Crippen molar-refractivity contribution >= 4 is 128 Å². The Balaban J connectivity index is 1.23. The Morgan fingerprint density at radius 1 is 0.461 bits per heavy atom. The van der Waals surface area contributed by atoms with Gasteiger partial charge < -0.3 is 132 Å². The molecular weight excluding hydrogens is 1670 g/mol. The summed E-state index contributed by atoms with van der Waals surface area (Å²) in [4.78, 5) is 244. The zero-order valence-corrected chi connectivity index (χ0v) is 72.8. The molecule has 6 rings (SSSR count). The quantitative estimate of drug-likeness (QED) is 0.0107. The van der Waals surface area contributed by atoms with Gasteiger partial charge in [-0.15, -0.1) is 0 Å². The molecule has 1 saturated heterocycles. The van der Waals surface area contributed by atoms with Crippen LogP contribution in [0.25, 0.3) is 21.8 Å². The molecule has 0 bridgehead atoms. The van der Waals surface area contributed by atoms with Gasteiger partial charge in [-0.1, -0.05) is 90.1 Å². The number of carboxylic acid groups (broad SMARTS) is 3. The highest BCUT2D eigenvalue weighted by Crippen LogP contribution is 2.25. The number of aromatic nitrogens is 2. The summed E-state index contributed by atoms with van der Waals surface area (Å²) in [5, 5.41) is 92.9. The molecule has 5 aromatic rings. The van der Waals surface area contributed by atoms with Gasteiger partial charge in [0.25, 0.3) is 0 Å². The van der Waals surface area contributed by atoms with E-state index in [4.69, 9.17) is 28.3 Å². The van der Waals surface area contributed by atoms with Crippen LogP contribution in [0.2, 0.25) is 0 Å². The fraction of sp³-hybridized carbons (Fsp3) is 0.529. The highest BCUT2D eigenvalue weighted by Gasteiger charge is 2.43. The van der Waals surface area contributed by atoms with Crippen molar-refractivity contribution < 1.29 is 107 Å². The van der Waals surface area contributed by atoms with E-state index < -0.39 is 229 Å². The molecule has 3 heterocycles. The summed E-state index contributed by atoms with van der Waals surface area (Å²) in [5.74, 6) is -20.6. The van der Waals surface area contributed by atoms with Crippen molar-refractivity contribution in [3.05, 3.63) is 102 Å². The van der Waals surface area contributed by atoms with Gasteiger partial charge in [-0.25, -0.2) is 4.79 Å². The standard InChI is InChI=1S/C85H123N21O22/c1-42(2)31-57(74(117)94-56(22-15-29-91-85(89)90)73(116)104-65(84(127)128)39-69(112)113)98-77(120)61(35-48-40-92-53-19-11-9-17-51(48)53)100-75(118)58(32-43(3)4)97-72(115)55(21-13-14-28-86)95-82(125)70(46(8)107)105-80(123)59(33-44(5)6)102-81(124)66-23-16-30-106(66)83(126)64(38-68(110)111)103-76(119)60(34-47-24-26-50(108)27-25-47)99-78(121)62(36-49-41-93-54-20-12-10-18-52(49)54)101-79(122)63(37-67(88)109)96-71(114)45(7)87/h9-12,17-20,24-27,40-46,55-66,70,92-93,107-108H,13-16,21-23,28-39,86-87H2,1-8H3,(H2,88,109)(H,94,117)(H,95,125)(H,96,114)(H,97,115)(H,98,120)(H,99,121)(H,100,118)(H,101,122)(H,102,124)(H,103,119)(H,104,116)(H,105,123)(H,110,111)(H,112,113)(H,127,128)(H4,89,90,91)/t45-,46+,55-,56-,57-,58-,59-,60-,61-,62-,63-,64-,65-,66-,70-/m0/s1. The van der Waals surface area contributed by atoms with Crippen LogP contribution in [0.1, 0.15) is 156 Å². The van der Waals surface area contributed by atoms with Gasteiger partial charge >= 0.3 is 17.9 Å². The molecule has 0 saturated carbocycles. The smallest absolute Gasteiger partial charge is 0.326 e. The first-order chi connectivity index (χ1) is 60.4.